The molecule has 4 heteroatoms. The molecule has 0 unspecified atom stereocenters. The van der Waals surface area contributed by atoms with Gasteiger partial charge in [0.25, 0.3) is 0 Å². The van der Waals surface area contributed by atoms with E-state index in [-0.39, 0.29) is 11.4 Å². The number of carbonyl (C=O) groups is 1. The van der Waals surface area contributed by atoms with Crippen molar-refractivity contribution in [1.82, 2.24) is 0 Å². The SMILES string of the molecule is CCOC(=O)/C=C1\CCC2=CC3(CC[C@@]21C)SCCS3. The van der Waals surface area contributed by atoms with E-state index in [9.17, 15) is 4.79 Å². The van der Waals surface area contributed by atoms with Crippen LogP contribution in [0, 0.1) is 5.41 Å². The molecule has 2 nitrogen and oxygen atoms in total. The Labute approximate surface area is 129 Å². The third-order valence-electron chi connectivity index (χ3n) is 4.80. The minimum Gasteiger partial charge on any atom is -0.463 e. The summed E-state index contributed by atoms with van der Waals surface area (Å²) in [5.74, 6) is 2.38. The number of thioether (sulfide) groups is 2. The molecule has 0 bridgehead atoms. The number of hydrogen-bond acceptors (Lipinski definition) is 4. The Morgan fingerprint density at radius 2 is 2.10 bits per heavy atom. The van der Waals surface area contributed by atoms with Gasteiger partial charge in [0.2, 0.25) is 0 Å². The molecule has 0 N–H and O–H groups in total. The van der Waals surface area contributed by atoms with Gasteiger partial charge in [0.05, 0.1) is 10.7 Å². The summed E-state index contributed by atoms with van der Waals surface area (Å²) in [6.07, 6.45) is 8.83. The van der Waals surface area contributed by atoms with Crippen LogP contribution in [-0.2, 0) is 9.53 Å². The zero-order valence-electron chi connectivity index (χ0n) is 12.2. The summed E-state index contributed by atoms with van der Waals surface area (Å²) in [6, 6.07) is 0. The van der Waals surface area contributed by atoms with Gasteiger partial charge in [-0.3, -0.25) is 0 Å². The van der Waals surface area contributed by atoms with Crippen molar-refractivity contribution in [2.24, 2.45) is 5.41 Å². The summed E-state index contributed by atoms with van der Waals surface area (Å²) >= 11 is 4.22. The Bertz CT molecular complexity index is 475. The first-order chi connectivity index (χ1) is 9.58. The Balaban J connectivity index is 1.85. The number of hydrogen-bond donors (Lipinski definition) is 0. The average molecular weight is 310 g/mol. The minimum atomic E-state index is -0.171. The molecule has 1 heterocycles. The van der Waals surface area contributed by atoms with Crippen LogP contribution in [-0.4, -0.2) is 28.2 Å². The topological polar surface area (TPSA) is 26.3 Å². The van der Waals surface area contributed by atoms with Gasteiger partial charge in [-0.15, -0.1) is 23.5 Å². The van der Waals surface area contributed by atoms with Crippen LogP contribution in [0.1, 0.15) is 39.5 Å². The molecule has 110 valence electrons. The quantitative estimate of drug-likeness (QED) is 0.434. The Hall–Kier alpha value is -0.350. The van der Waals surface area contributed by atoms with Crippen LogP contribution >= 0.6 is 23.5 Å². The largest absolute Gasteiger partial charge is 0.463 e. The highest BCUT2D eigenvalue weighted by Gasteiger charge is 2.47. The standard InChI is InChI=1S/C16H22O2S2/c1-3-18-14(17)10-12-4-5-13-11-16(19-8-9-20-16)7-6-15(12,13)2/h10-11H,3-9H2,1-2H3/b12-10+/t15-/m1/s1. The van der Waals surface area contributed by atoms with E-state index in [1.165, 1.54) is 29.9 Å². The molecule has 20 heavy (non-hydrogen) atoms. The highest BCUT2D eigenvalue weighted by atomic mass is 32.2. The fraction of sp³-hybridized carbons (Fsp3) is 0.688. The second kappa shape index (κ2) is 5.45. The Morgan fingerprint density at radius 1 is 1.35 bits per heavy atom. The second-order valence-electron chi connectivity index (χ2n) is 5.93. The van der Waals surface area contributed by atoms with Crippen LogP contribution in [0.15, 0.2) is 23.3 Å². The van der Waals surface area contributed by atoms with Crippen LogP contribution in [0.5, 0.6) is 0 Å². The van der Waals surface area contributed by atoms with Crippen molar-refractivity contribution >= 4 is 29.5 Å². The molecule has 1 atom stereocenters. The molecular formula is C16H22O2S2. The molecule has 0 aromatic carbocycles. The van der Waals surface area contributed by atoms with Crippen molar-refractivity contribution in [1.29, 1.82) is 0 Å². The zero-order valence-corrected chi connectivity index (χ0v) is 13.9. The van der Waals surface area contributed by atoms with Gasteiger partial charge in [-0.25, -0.2) is 4.79 Å². The van der Waals surface area contributed by atoms with E-state index in [4.69, 9.17) is 4.74 Å². The number of esters is 1. The predicted molar refractivity (Wildman–Crippen MR) is 87.0 cm³/mol. The third-order valence-corrected chi connectivity index (χ3v) is 8.21. The molecule has 3 aliphatic rings. The number of fused-ring (bicyclic) bond motifs is 1. The lowest BCUT2D eigenvalue weighted by molar-refractivity contribution is -0.137. The summed E-state index contributed by atoms with van der Waals surface area (Å²) in [5.41, 5.74) is 2.95. The first-order valence-electron chi connectivity index (χ1n) is 7.46. The van der Waals surface area contributed by atoms with Crippen LogP contribution in [0.3, 0.4) is 0 Å². The van der Waals surface area contributed by atoms with Gasteiger partial charge >= 0.3 is 5.97 Å². The lowest BCUT2D eigenvalue weighted by atomic mass is 9.73. The lowest BCUT2D eigenvalue weighted by Crippen LogP contribution is -2.29. The first kappa shape index (κ1) is 14.6. The molecule has 0 amide bonds. The van der Waals surface area contributed by atoms with Crippen LogP contribution in [0.25, 0.3) is 0 Å². The lowest BCUT2D eigenvalue weighted by Gasteiger charge is -2.39. The fourth-order valence-electron chi connectivity index (χ4n) is 3.60. The summed E-state index contributed by atoms with van der Waals surface area (Å²) in [6.45, 7) is 4.63. The van der Waals surface area contributed by atoms with Crippen molar-refractivity contribution in [3.8, 4) is 0 Å². The van der Waals surface area contributed by atoms with E-state index in [0.29, 0.717) is 10.7 Å². The maximum absolute atomic E-state index is 11.7. The normalized spacial score (nSPS) is 33.3. The molecule has 1 aliphatic heterocycles. The van der Waals surface area contributed by atoms with Crippen LogP contribution in [0.4, 0.5) is 0 Å². The molecular weight excluding hydrogens is 288 g/mol. The highest BCUT2D eigenvalue weighted by Crippen LogP contribution is 2.60. The molecule has 1 saturated heterocycles. The monoisotopic (exact) mass is 310 g/mol. The second-order valence-corrected chi connectivity index (χ2v) is 9.04. The molecule has 1 saturated carbocycles. The summed E-state index contributed by atoms with van der Waals surface area (Å²) in [4.78, 5) is 11.7. The van der Waals surface area contributed by atoms with Crippen LogP contribution in [0.2, 0.25) is 0 Å². The van der Waals surface area contributed by atoms with Gasteiger partial charge < -0.3 is 4.74 Å². The summed E-state index contributed by atoms with van der Waals surface area (Å²) < 4.78 is 5.42. The van der Waals surface area contributed by atoms with Crippen molar-refractivity contribution in [3.63, 3.8) is 0 Å². The highest BCUT2D eigenvalue weighted by molar-refractivity contribution is 8.21. The molecule has 0 aromatic rings. The predicted octanol–water partition coefficient (Wildman–Crippen LogP) is 4.17. The van der Waals surface area contributed by atoms with E-state index in [2.05, 4.69) is 36.5 Å². The van der Waals surface area contributed by atoms with Gasteiger partial charge in [0.15, 0.2) is 0 Å². The van der Waals surface area contributed by atoms with Crippen LogP contribution < -0.4 is 0 Å². The van der Waals surface area contributed by atoms with Gasteiger partial charge in [0.1, 0.15) is 0 Å². The van der Waals surface area contributed by atoms with Crippen molar-refractivity contribution in [2.45, 2.75) is 43.6 Å². The van der Waals surface area contributed by atoms with Gasteiger partial charge in [-0.1, -0.05) is 24.1 Å². The van der Waals surface area contributed by atoms with E-state index in [1.807, 2.05) is 6.92 Å². The third kappa shape index (κ3) is 2.45. The summed E-state index contributed by atoms with van der Waals surface area (Å²) in [7, 11) is 0. The van der Waals surface area contributed by atoms with E-state index >= 15 is 0 Å². The Kier molecular flexibility index (Phi) is 3.97. The first-order valence-corrected chi connectivity index (χ1v) is 9.43. The molecule has 0 aromatic heterocycles. The smallest absolute Gasteiger partial charge is 0.330 e. The zero-order chi connectivity index (χ0) is 14.2. The van der Waals surface area contributed by atoms with Gasteiger partial charge in [-0.05, 0) is 32.6 Å². The Morgan fingerprint density at radius 3 is 2.80 bits per heavy atom. The van der Waals surface area contributed by atoms with Crippen molar-refractivity contribution < 1.29 is 9.53 Å². The maximum atomic E-state index is 11.7. The fourth-order valence-corrected chi connectivity index (χ4v) is 6.73. The van der Waals surface area contributed by atoms with Crippen molar-refractivity contribution in [3.05, 3.63) is 23.3 Å². The van der Waals surface area contributed by atoms with Crippen molar-refractivity contribution in [2.75, 3.05) is 18.1 Å². The molecule has 3 rings (SSSR count). The van der Waals surface area contributed by atoms with E-state index < -0.39 is 0 Å². The molecule has 1 spiro atoms. The number of allylic oxidation sites excluding steroid dienone is 2. The molecule has 2 fully saturated rings. The number of rotatable bonds is 2. The molecule has 2 aliphatic carbocycles. The minimum absolute atomic E-state index is 0.113. The number of ether oxygens (including phenoxy) is 1. The van der Waals surface area contributed by atoms with E-state index in [1.54, 1.807) is 11.6 Å². The molecule has 0 radical (unpaired) electrons. The maximum Gasteiger partial charge on any atom is 0.330 e. The summed E-state index contributed by atoms with van der Waals surface area (Å²) in [5, 5.41) is 0. The van der Waals surface area contributed by atoms with Gasteiger partial charge in [0, 0.05) is 23.0 Å². The average Bonchev–Trinajstić information content (AvgIpc) is 2.98. The van der Waals surface area contributed by atoms with Gasteiger partial charge in [-0.2, -0.15) is 0 Å². The van der Waals surface area contributed by atoms with E-state index in [0.717, 1.165) is 12.8 Å². The number of carbonyl (C=O) groups excluding carboxylic acids is 1.